The predicted octanol–water partition coefficient (Wildman–Crippen LogP) is 6.69. The van der Waals surface area contributed by atoms with Crippen LogP contribution >= 0.6 is 46.3 Å². The van der Waals surface area contributed by atoms with Gasteiger partial charge in [0.25, 0.3) is 5.01 Å². The minimum Gasteiger partial charge on any atom is -0.481 e. The molecular weight excluding hydrogens is 527 g/mol. The van der Waals surface area contributed by atoms with Gasteiger partial charge in [0.05, 0.1) is 17.1 Å². The Morgan fingerprint density at radius 2 is 1.77 bits per heavy atom. The zero-order valence-corrected chi connectivity index (χ0v) is 22.0. The van der Waals surface area contributed by atoms with Crippen molar-refractivity contribution < 1.29 is 24.4 Å². The quantitative estimate of drug-likeness (QED) is 0.289. The van der Waals surface area contributed by atoms with Gasteiger partial charge in [-0.3, -0.25) is 9.59 Å². The lowest BCUT2D eigenvalue weighted by Crippen LogP contribution is -2.36. The average Bonchev–Trinajstić information content (AvgIpc) is 3.31. The summed E-state index contributed by atoms with van der Waals surface area (Å²) >= 11 is 15.6. The smallest absolute Gasteiger partial charge is 0.309 e. The number of aryl methyl sites for hydroxylation is 1. The summed E-state index contributed by atoms with van der Waals surface area (Å²) in [4.78, 5) is 25.6. The second-order valence-electron chi connectivity index (χ2n) is 7.91. The molecule has 6 nitrogen and oxygen atoms in total. The summed E-state index contributed by atoms with van der Waals surface area (Å²) in [5.74, 6) is -1.72. The van der Waals surface area contributed by atoms with Crippen LogP contribution in [0.25, 0.3) is 16.3 Å². The van der Waals surface area contributed by atoms with Crippen LogP contribution in [0.4, 0.5) is 5.69 Å². The molecule has 2 heterocycles. The number of halogens is 2. The third-order valence-electron chi connectivity index (χ3n) is 5.51. The van der Waals surface area contributed by atoms with Gasteiger partial charge in [-0.2, -0.15) is 4.57 Å². The number of carboxylic acids is 2. The molecule has 0 atom stereocenters. The normalized spacial score (nSPS) is 14.7. The van der Waals surface area contributed by atoms with E-state index in [4.69, 9.17) is 23.2 Å². The van der Waals surface area contributed by atoms with Crippen molar-refractivity contribution in [2.24, 2.45) is 0 Å². The molecule has 0 saturated heterocycles. The van der Waals surface area contributed by atoms with Crippen LogP contribution in [-0.2, 0) is 16.1 Å². The standard InChI is InChI=1S/C25H22Cl2N2O4S2/c1-2-15(11-22-28(9-7-24(30)31)18-13-16(26)3-5-20(18)34-22)12-23-29(10-8-25(32)33)19-14-17(27)4-6-21(19)35-23/h3-6,11-14H,2,7-10H2,1H3,(H-,30,31,32,33)/p+1. The molecule has 1 aliphatic rings. The summed E-state index contributed by atoms with van der Waals surface area (Å²) in [6, 6.07) is 11.3. The molecule has 0 bridgehead atoms. The molecular formula is C25H23Cl2N2O4S2+. The molecule has 0 spiro atoms. The number of fused-ring (bicyclic) bond motifs is 2. The van der Waals surface area contributed by atoms with E-state index < -0.39 is 11.9 Å². The van der Waals surface area contributed by atoms with Gasteiger partial charge < -0.3 is 15.1 Å². The van der Waals surface area contributed by atoms with E-state index in [-0.39, 0.29) is 12.8 Å². The molecule has 0 fully saturated rings. The summed E-state index contributed by atoms with van der Waals surface area (Å²) in [6.45, 7) is 2.72. The van der Waals surface area contributed by atoms with E-state index in [0.29, 0.717) is 23.1 Å². The molecule has 182 valence electrons. The first-order valence-corrected chi connectivity index (χ1v) is 13.4. The largest absolute Gasteiger partial charge is 0.481 e. The Morgan fingerprint density at radius 3 is 2.49 bits per heavy atom. The molecule has 0 amide bonds. The number of thiazole rings is 1. The molecule has 2 N–H and O–H groups in total. The molecule has 3 aromatic rings. The minimum absolute atomic E-state index is 0.00128. The highest BCUT2D eigenvalue weighted by atomic mass is 35.5. The monoisotopic (exact) mass is 549 g/mol. The van der Waals surface area contributed by atoms with Gasteiger partial charge in [-0.15, -0.1) is 0 Å². The van der Waals surface area contributed by atoms with Crippen LogP contribution in [0, 0.1) is 0 Å². The zero-order valence-electron chi connectivity index (χ0n) is 18.8. The summed E-state index contributed by atoms with van der Waals surface area (Å²) in [5.41, 5.74) is 2.84. The highest BCUT2D eigenvalue weighted by Crippen LogP contribution is 2.47. The summed E-state index contributed by atoms with van der Waals surface area (Å²) < 4.78 is 3.02. The Labute approximate surface area is 221 Å². The van der Waals surface area contributed by atoms with Crippen molar-refractivity contribution in [2.75, 3.05) is 11.4 Å². The summed E-state index contributed by atoms with van der Waals surface area (Å²) in [6.07, 6.45) is 4.88. The summed E-state index contributed by atoms with van der Waals surface area (Å²) in [5, 5.41) is 21.6. The van der Waals surface area contributed by atoms with Crippen molar-refractivity contribution in [1.82, 2.24) is 0 Å². The van der Waals surface area contributed by atoms with Crippen LogP contribution in [0.2, 0.25) is 10.0 Å². The van der Waals surface area contributed by atoms with Gasteiger partial charge in [0, 0.05) is 33.6 Å². The molecule has 35 heavy (non-hydrogen) atoms. The number of allylic oxidation sites excluding steroid dienone is 2. The van der Waals surface area contributed by atoms with E-state index in [2.05, 4.69) is 19.1 Å². The Balaban J connectivity index is 1.75. The van der Waals surface area contributed by atoms with E-state index in [1.54, 1.807) is 23.1 Å². The minimum atomic E-state index is -0.862. The van der Waals surface area contributed by atoms with Gasteiger partial charge >= 0.3 is 11.9 Å². The van der Waals surface area contributed by atoms with E-state index in [1.165, 1.54) is 0 Å². The Kier molecular flexibility index (Phi) is 8.06. The zero-order chi connectivity index (χ0) is 25.1. The van der Waals surface area contributed by atoms with Gasteiger partial charge in [-0.25, -0.2) is 0 Å². The third-order valence-corrected chi connectivity index (χ3v) is 8.20. The van der Waals surface area contributed by atoms with Gasteiger partial charge in [0.2, 0.25) is 5.52 Å². The first kappa shape index (κ1) is 25.6. The lowest BCUT2D eigenvalue weighted by Gasteiger charge is -2.20. The van der Waals surface area contributed by atoms with Crippen LogP contribution in [0.1, 0.15) is 31.2 Å². The third kappa shape index (κ3) is 6.01. The maximum atomic E-state index is 11.3. The van der Waals surface area contributed by atoms with Crippen LogP contribution in [0.3, 0.4) is 0 Å². The molecule has 0 radical (unpaired) electrons. The van der Waals surface area contributed by atoms with Gasteiger partial charge in [-0.05, 0) is 48.4 Å². The van der Waals surface area contributed by atoms with Crippen molar-refractivity contribution in [1.29, 1.82) is 0 Å². The second kappa shape index (κ2) is 11.0. The topological polar surface area (TPSA) is 81.7 Å². The maximum absolute atomic E-state index is 11.3. The highest BCUT2D eigenvalue weighted by molar-refractivity contribution is 8.03. The van der Waals surface area contributed by atoms with Crippen molar-refractivity contribution in [3.8, 4) is 0 Å². The number of anilines is 1. The summed E-state index contributed by atoms with van der Waals surface area (Å²) in [7, 11) is 0. The second-order valence-corrected chi connectivity index (χ2v) is 10.9. The van der Waals surface area contributed by atoms with Crippen molar-refractivity contribution >= 4 is 80.2 Å². The molecule has 0 aliphatic carbocycles. The fraction of sp³-hybridized carbons (Fsp3) is 0.240. The van der Waals surface area contributed by atoms with Crippen LogP contribution in [-0.4, -0.2) is 28.7 Å². The van der Waals surface area contributed by atoms with Gasteiger partial charge in [-0.1, -0.05) is 53.2 Å². The number of rotatable bonds is 9. The van der Waals surface area contributed by atoms with E-state index in [1.807, 2.05) is 45.9 Å². The first-order chi connectivity index (χ1) is 16.7. The highest BCUT2D eigenvalue weighted by Gasteiger charge is 2.26. The van der Waals surface area contributed by atoms with E-state index in [0.717, 1.165) is 42.8 Å². The number of carboxylic acid groups (broad SMARTS) is 2. The van der Waals surface area contributed by atoms with E-state index in [9.17, 15) is 19.8 Å². The average molecular weight is 551 g/mol. The van der Waals surface area contributed by atoms with E-state index >= 15 is 0 Å². The molecule has 2 aromatic carbocycles. The number of hydrogen-bond donors (Lipinski definition) is 2. The molecule has 10 heteroatoms. The number of aromatic nitrogens is 1. The van der Waals surface area contributed by atoms with Crippen LogP contribution in [0.5, 0.6) is 0 Å². The first-order valence-electron chi connectivity index (χ1n) is 11.0. The lowest BCUT2D eigenvalue weighted by molar-refractivity contribution is -0.667. The number of carbonyl (C=O) groups is 2. The van der Waals surface area contributed by atoms with Gasteiger partial charge in [0.1, 0.15) is 11.1 Å². The molecule has 4 rings (SSSR count). The van der Waals surface area contributed by atoms with Crippen molar-refractivity contribution in [3.05, 3.63) is 68.1 Å². The van der Waals surface area contributed by atoms with Crippen molar-refractivity contribution in [2.45, 2.75) is 37.6 Å². The fourth-order valence-electron chi connectivity index (χ4n) is 3.80. The number of hydrogen-bond acceptors (Lipinski definition) is 5. The van der Waals surface area contributed by atoms with Crippen molar-refractivity contribution in [3.63, 3.8) is 0 Å². The SMILES string of the molecule is CCC(=C/c1sc2ccc(Cl)cc2[n+]1CCC(=O)O)/C=C1/Sc2ccc(Cl)cc2N1CCC(=O)O. The van der Waals surface area contributed by atoms with Gasteiger partial charge in [0.15, 0.2) is 6.54 Å². The number of aliphatic carboxylic acids is 2. The predicted molar refractivity (Wildman–Crippen MR) is 143 cm³/mol. The van der Waals surface area contributed by atoms with Crippen LogP contribution in [0.15, 0.2) is 58.0 Å². The molecule has 0 saturated carbocycles. The fourth-order valence-corrected chi connectivity index (χ4v) is 6.43. The maximum Gasteiger partial charge on any atom is 0.309 e. The van der Waals surface area contributed by atoms with Crippen LogP contribution < -0.4 is 9.47 Å². The Bertz CT molecular complexity index is 1370. The molecule has 0 unspecified atom stereocenters. The Hall–Kier alpha value is -2.52. The number of thioether (sulfide) groups is 1. The lowest BCUT2D eigenvalue weighted by atomic mass is 10.2. The Morgan fingerprint density at radius 1 is 1.06 bits per heavy atom. The molecule has 1 aliphatic heterocycles. The number of nitrogens with zero attached hydrogens (tertiary/aromatic N) is 2. The number of benzene rings is 2. The molecule has 1 aromatic heterocycles.